The highest BCUT2D eigenvalue weighted by atomic mass is 32.2. The molecule has 186 valence electrons. The predicted octanol–water partition coefficient (Wildman–Crippen LogP) is 3.45. The number of aromatic nitrogens is 3. The van der Waals surface area contributed by atoms with E-state index in [1.807, 2.05) is 22.6 Å². The van der Waals surface area contributed by atoms with Crippen LogP contribution in [-0.4, -0.2) is 59.9 Å². The van der Waals surface area contributed by atoms with Crippen LogP contribution in [-0.2, 0) is 14.8 Å². The predicted molar refractivity (Wildman–Crippen MR) is 139 cm³/mol. The van der Waals surface area contributed by atoms with Gasteiger partial charge in [-0.3, -0.25) is 9.52 Å². The van der Waals surface area contributed by atoms with Crippen molar-refractivity contribution in [3.05, 3.63) is 78.9 Å². The molecule has 2 aromatic carbocycles. The van der Waals surface area contributed by atoms with Crippen LogP contribution in [0.1, 0.15) is 18.5 Å². The Balaban J connectivity index is 1.21. The van der Waals surface area contributed by atoms with Crippen molar-refractivity contribution in [2.45, 2.75) is 24.8 Å². The van der Waals surface area contributed by atoms with E-state index < -0.39 is 10.0 Å². The Morgan fingerprint density at radius 1 is 1.00 bits per heavy atom. The normalized spacial score (nSPS) is 15.2. The van der Waals surface area contributed by atoms with Crippen molar-refractivity contribution in [2.24, 2.45) is 0 Å². The molecule has 1 fully saturated rings. The molecule has 3 heterocycles. The van der Waals surface area contributed by atoms with Gasteiger partial charge < -0.3 is 14.4 Å². The lowest BCUT2D eigenvalue weighted by Crippen LogP contribution is -2.50. The summed E-state index contributed by atoms with van der Waals surface area (Å²) in [6.45, 7) is 6.58. The number of hydrogen-bond acceptors (Lipinski definition) is 6. The highest BCUT2D eigenvalue weighted by Crippen LogP contribution is 2.25. The average Bonchev–Trinajstić information content (AvgIpc) is 3.31. The standard InChI is InChI=1S/C26H28N6O3S/c1-19-3-8-24-21(17-19)10-12-32(24)20(2)26(33)31-15-13-30(14-16-31)22-4-6-23(7-5-22)36(34,35)29-25-9-11-27-18-28-25/h3-12,17-18,20H,13-16H2,1-2H3,(H,27,28,29). The highest BCUT2D eigenvalue weighted by molar-refractivity contribution is 7.92. The van der Waals surface area contributed by atoms with Crippen LogP contribution < -0.4 is 9.62 Å². The maximum Gasteiger partial charge on any atom is 0.263 e. The number of anilines is 2. The molecular weight excluding hydrogens is 476 g/mol. The van der Waals surface area contributed by atoms with Crippen LogP contribution in [0.25, 0.3) is 10.9 Å². The van der Waals surface area contributed by atoms with Gasteiger partial charge in [0.25, 0.3) is 10.0 Å². The van der Waals surface area contributed by atoms with Crippen molar-refractivity contribution >= 4 is 38.3 Å². The lowest BCUT2D eigenvalue weighted by atomic mass is 10.1. The molecule has 1 atom stereocenters. The number of sulfonamides is 1. The zero-order valence-electron chi connectivity index (χ0n) is 20.2. The Kier molecular flexibility index (Phi) is 6.36. The van der Waals surface area contributed by atoms with Gasteiger partial charge in [0.1, 0.15) is 18.2 Å². The van der Waals surface area contributed by atoms with Crippen LogP contribution in [0.5, 0.6) is 0 Å². The molecule has 1 saturated heterocycles. The zero-order chi connectivity index (χ0) is 25.3. The van der Waals surface area contributed by atoms with E-state index in [2.05, 4.69) is 50.8 Å². The van der Waals surface area contributed by atoms with Gasteiger partial charge >= 0.3 is 0 Å². The van der Waals surface area contributed by atoms with Gasteiger partial charge in [-0.25, -0.2) is 18.4 Å². The molecule has 0 bridgehead atoms. The monoisotopic (exact) mass is 504 g/mol. The Labute approximate surface area is 210 Å². The molecule has 1 aliphatic rings. The zero-order valence-corrected chi connectivity index (χ0v) is 21.0. The Hall–Kier alpha value is -3.92. The number of nitrogens with one attached hydrogen (secondary N) is 1. The molecule has 0 spiro atoms. The molecule has 0 saturated carbocycles. The van der Waals surface area contributed by atoms with Crippen molar-refractivity contribution in [1.29, 1.82) is 0 Å². The highest BCUT2D eigenvalue weighted by Gasteiger charge is 2.27. The summed E-state index contributed by atoms with van der Waals surface area (Å²) in [5, 5.41) is 1.14. The van der Waals surface area contributed by atoms with Crippen molar-refractivity contribution in [3.8, 4) is 0 Å². The maximum absolute atomic E-state index is 13.3. The summed E-state index contributed by atoms with van der Waals surface area (Å²) >= 11 is 0. The van der Waals surface area contributed by atoms with Crippen molar-refractivity contribution < 1.29 is 13.2 Å². The molecular formula is C26H28N6O3S. The van der Waals surface area contributed by atoms with Gasteiger partial charge in [-0.2, -0.15) is 0 Å². The number of hydrogen-bond donors (Lipinski definition) is 1. The summed E-state index contributed by atoms with van der Waals surface area (Å²) in [6.07, 6.45) is 4.74. The second-order valence-corrected chi connectivity index (χ2v) is 10.7. The molecule has 4 aromatic rings. The molecule has 5 rings (SSSR count). The smallest absolute Gasteiger partial charge is 0.263 e. The molecule has 9 nitrogen and oxygen atoms in total. The number of aryl methyl sites for hydroxylation is 1. The number of nitrogens with zero attached hydrogens (tertiary/aromatic N) is 5. The first-order valence-corrected chi connectivity index (χ1v) is 13.3. The van der Waals surface area contributed by atoms with Gasteiger partial charge in [0.2, 0.25) is 5.91 Å². The van der Waals surface area contributed by atoms with Crippen LogP contribution in [0.4, 0.5) is 11.5 Å². The topological polar surface area (TPSA) is 100 Å². The summed E-state index contributed by atoms with van der Waals surface area (Å²) < 4.78 is 29.8. The molecule has 10 heteroatoms. The molecule has 0 aliphatic carbocycles. The SMILES string of the molecule is Cc1ccc2c(ccn2C(C)C(=O)N2CCN(c3ccc(S(=O)(=O)Nc4ccncn4)cc3)CC2)c1. The van der Waals surface area contributed by atoms with E-state index in [1.165, 1.54) is 24.2 Å². The number of piperazine rings is 1. The van der Waals surface area contributed by atoms with E-state index in [4.69, 9.17) is 0 Å². The largest absolute Gasteiger partial charge is 0.368 e. The summed E-state index contributed by atoms with van der Waals surface area (Å²) in [5.41, 5.74) is 3.18. The van der Waals surface area contributed by atoms with Crippen LogP contribution in [0.2, 0.25) is 0 Å². The van der Waals surface area contributed by atoms with Gasteiger partial charge in [0, 0.05) is 49.8 Å². The number of carbonyl (C=O) groups is 1. The molecule has 1 aliphatic heterocycles. The molecule has 1 unspecified atom stereocenters. The van der Waals surface area contributed by atoms with E-state index >= 15 is 0 Å². The maximum atomic E-state index is 13.3. The quantitative estimate of drug-likeness (QED) is 0.432. The molecule has 0 radical (unpaired) electrons. The van der Waals surface area contributed by atoms with Crippen LogP contribution in [0.15, 0.2) is 78.2 Å². The van der Waals surface area contributed by atoms with Crippen LogP contribution >= 0.6 is 0 Å². The number of carbonyl (C=O) groups excluding carboxylic acids is 1. The van der Waals surface area contributed by atoms with Crippen molar-refractivity contribution in [1.82, 2.24) is 19.4 Å². The number of rotatable bonds is 6. The average molecular weight is 505 g/mol. The fourth-order valence-electron chi connectivity index (χ4n) is 4.57. The fourth-order valence-corrected chi connectivity index (χ4v) is 5.58. The third-order valence-corrected chi connectivity index (χ3v) is 7.95. The van der Waals surface area contributed by atoms with E-state index in [0.29, 0.717) is 26.2 Å². The second kappa shape index (κ2) is 9.62. The summed E-state index contributed by atoms with van der Waals surface area (Å²) in [7, 11) is -3.74. The molecule has 1 N–H and O–H groups in total. The van der Waals surface area contributed by atoms with E-state index in [0.717, 1.165) is 16.6 Å². The number of amides is 1. The Morgan fingerprint density at radius 3 is 2.44 bits per heavy atom. The van der Waals surface area contributed by atoms with E-state index in [9.17, 15) is 13.2 Å². The minimum atomic E-state index is -3.74. The van der Waals surface area contributed by atoms with Crippen molar-refractivity contribution in [2.75, 3.05) is 35.8 Å². The summed E-state index contributed by atoms with van der Waals surface area (Å²) in [4.78, 5) is 25.2. The minimum Gasteiger partial charge on any atom is -0.368 e. The first-order chi connectivity index (χ1) is 17.3. The first-order valence-electron chi connectivity index (χ1n) is 11.8. The van der Waals surface area contributed by atoms with Gasteiger partial charge in [-0.1, -0.05) is 11.6 Å². The fraction of sp³-hybridized carbons (Fsp3) is 0.269. The van der Waals surface area contributed by atoms with E-state index in [-0.39, 0.29) is 22.7 Å². The number of fused-ring (bicyclic) bond motifs is 1. The number of benzene rings is 2. The van der Waals surface area contributed by atoms with Gasteiger partial charge in [0.05, 0.1) is 4.90 Å². The Morgan fingerprint density at radius 2 is 1.75 bits per heavy atom. The summed E-state index contributed by atoms with van der Waals surface area (Å²) in [5.74, 6) is 0.317. The summed E-state index contributed by atoms with van der Waals surface area (Å²) in [6, 6.07) is 16.3. The van der Waals surface area contributed by atoms with Crippen LogP contribution in [0, 0.1) is 6.92 Å². The van der Waals surface area contributed by atoms with Gasteiger partial charge in [0.15, 0.2) is 0 Å². The molecule has 2 aromatic heterocycles. The van der Waals surface area contributed by atoms with Gasteiger partial charge in [-0.05, 0) is 67.8 Å². The Bertz CT molecular complexity index is 1480. The third kappa shape index (κ3) is 4.76. The lowest BCUT2D eigenvalue weighted by Gasteiger charge is -2.37. The first kappa shape index (κ1) is 23.8. The molecule has 36 heavy (non-hydrogen) atoms. The minimum absolute atomic E-state index is 0.102. The molecule has 1 amide bonds. The van der Waals surface area contributed by atoms with Crippen molar-refractivity contribution in [3.63, 3.8) is 0 Å². The lowest BCUT2D eigenvalue weighted by molar-refractivity contribution is -0.134. The van der Waals surface area contributed by atoms with E-state index in [1.54, 1.807) is 24.3 Å². The third-order valence-electron chi connectivity index (χ3n) is 6.57. The second-order valence-electron chi connectivity index (χ2n) is 8.97. The van der Waals surface area contributed by atoms with Crippen LogP contribution in [0.3, 0.4) is 0 Å². The van der Waals surface area contributed by atoms with Gasteiger partial charge in [-0.15, -0.1) is 0 Å².